The monoisotopic (exact) mass is 511 g/mol. The maximum Gasteiger partial charge on any atom is 0.296 e. The highest BCUT2D eigenvalue weighted by Crippen LogP contribution is 2.31. The molecule has 0 radical (unpaired) electrons. The van der Waals surface area contributed by atoms with Crippen molar-refractivity contribution in [2.24, 2.45) is 0 Å². The van der Waals surface area contributed by atoms with Gasteiger partial charge in [0.2, 0.25) is 5.95 Å². The van der Waals surface area contributed by atoms with E-state index < -0.39 is 6.43 Å². The Morgan fingerprint density at radius 3 is 2.35 bits per heavy atom. The van der Waals surface area contributed by atoms with Crippen molar-refractivity contribution in [2.75, 3.05) is 49.6 Å². The van der Waals surface area contributed by atoms with Gasteiger partial charge in [-0.3, -0.25) is 4.57 Å². The van der Waals surface area contributed by atoms with Gasteiger partial charge < -0.3 is 19.9 Å². The summed E-state index contributed by atoms with van der Waals surface area (Å²) in [5.74, 6) is 1.31. The first-order valence-electron chi connectivity index (χ1n) is 13.6. The summed E-state index contributed by atoms with van der Waals surface area (Å²) in [6, 6.07) is 9.93. The first-order chi connectivity index (χ1) is 18.2. The number of nitrogens with zero attached hydrogens (tertiary/aromatic N) is 6. The van der Waals surface area contributed by atoms with E-state index in [1.165, 1.54) is 36.9 Å². The molecule has 3 aromatic rings. The number of para-hydroxylation sites is 2. The second kappa shape index (κ2) is 10.9. The normalized spacial score (nSPS) is 23.6. The quantitative estimate of drug-likeness (QED) is 0.510. The van der Waals surface area contributed by atoms with Crippen LogP contribution in [0.4, 0.5) is 20.5 Å². The van der Waals surface area contributed by atoms with E-state index in [0.717, 1.165) is 31.5 Å². The van der Waals surface area contributed by atoms with Gasteiger partial charge in [-0.2, -0.15) is 9.97 Å². The lowest BCUT2D eigenvalue weighted by molar-refractivity contribution is 0.122. The van der Waals surface area contributed by atoms with Crippen LogP contribution in [0, 0.1) is 0 Å². The number of nitrogens with one attached hydrogen (secondary N) is 1. The van der Waals surface area contributed by atoms with Crippen LogP contribution in [-0.4, -0.2) is 75.9 Å². The number of imidazole rings is 1. The molecule has 4 heterocycles. The fraction of sp³-hybridized carbons (Fsp3) is 0.593. The van der Waals surface area contributed by atoms with Gasteiger partial charge in [0.05, 0.1) is 24.2 Å². The number of hydrogen-bond acceptors (Lipinski definition) is 7. The largest absolute Gasteiger partial charge is 0.378 e. The number of benzene rings is 1. The third-order valence-corrected chi connectivity index (χ3v) is 7.98. The first-order valence-corrected chi connectivity index (χ1v) is 13.6. The van der Waals surface area contributed by atoms with Crippen LogP contribution in [0.25, 0.3) is 16.9 Å². The predicted octanol–water partition coefficient (Wildman–Crippen LogP) is 4.80. The number of alkyl halides is 2. The molecule has 2 aliphatic heterocycles. The Hall–Kier alpha value is -2.85. The van der Waals surface area contributed by atoms with Crippen LogP contribution < -0.4 is 10.2 Å². The minimum Gasteiger partial charge on any atom is -0.378 e. The van der Waals surface area contributed by atoms with Crippen molar-refractivity contribution in [1.29, 1.82) is 0 Å². The molecule has 0 amide bonds. The van der Waals surface area contributed by atoms with Crippen LogP contribution in [0.15, 0.2) is 30.3 Å². The molecule has 198 valence electrons. The van der Waals surface area contributed by atoms with E-state index >= 15 is 0 Å². The number of hydrogen-bond donors (Lipinski definition) is 1. The molecule has 1 saturated carbocycles. The summed E-state index contributed by atoms with van der Waals surface area (Å²) in [6.45, 7) is 5.06. The predicted molar refractivity (Wildman–Crippen MR) is 140 cm³/mol. The number of fused-ring (bicyclic) bond motifs is 1. The zero-order valence-electron chi connectivity index (χ0n) is 21.2. The smallest absolute Gasteiger partial charge is 0.296 e. The Morgan fingerprint density at radius 1 is 0.865 bits per heavy atom. The zero-order chi connectivity index (χ0) is 25.2. The highest BCUT2D eigenvalue weighted by molar-refractivity contribution is 5.78. The lowest BCUT2D eigenvalue weighted by atomic mass is 9.89. The van der Waals surface area contributed by atoms with Crippen molar-refractivity contribution >= 4 is 22.8 Å². The van der Waals surface area contributed by atoms with E-state index in [1.807, 2.05) is 6.07 Å². The summed E-state index contributed by atoms with van der Waals surface area (Å²) >= 11 is 0. The van der Waals surface area contributed by atoms with Crippen molar-refractivity contribution in [3.63, 3.8) is 0 Å². The molecular weight excluding hydrogens is 476 g/mol. The lowest BCUT2D eigenvalue weighted by Crippen LogP contribution is -2.43. The molecule has 8 nitrogen and oxygen atoms in total. The van der Waals surface area contributed by atoms with Gasteiger partial charge in [-0.05, 0) is 63.7 Å². The maximum atomic E-state index is 14.1. The Bertz CT molecular complexity index is 1200. The molecule has 0 atom stereocenters. The Morgan fingerprint density at radius 2 is 1.59 bits per heavy atom. The van der Waals surface area contributed by atoms with Gasteiger partial charge in [-0.15, -0.1) is 0 Å². The summed E-state index contributed by atoms with van der Waals surface area (Å²) in [4.78, 5) is 18.6. The average Bonchev–Trinajstić information content (AvgIpc) is 3.35. The number of ether oxygens (including phenoxy) is 1. The van der Waals surface area contributed by atoms with Crippen LogP contribution in [0.3, 0.4) is 0 Å². The zero-order valence-corrected chi connectivity index (χ0v) is 21.2. The van der Waals surface area contributed by atoms with E-state index in [9.17, 15) is 8.78 Å². The third kappa shape index (κ3) is 5.27. The molecule has 1 N–H and O–H groups in total. The van der Waals surface area contributed by atoms with Gasteiger partial charge >= 0.3 is 0 Å². The van der Waals surface area contributed by atoms with Crippen molar-refractivity contribution in [1.82, 2.24) is 24.4 Å². The van der Waals surface area contributed by atoms with E-state index in [4.69, 9.17) is 14.7 Å². The van der Waals surface area contributed by atoms with Gasteiger partial charge in [0, 0.05) is 31.2 Å². The summed E-state index contributed by atoms with van der Waals surface area (Å²) in [5.41, 5.74) is 1.13. The van der Waals surface area contributed by atoms with Gasteiger partial charge in [0.1, 0.15) is 11.6 Å². The Labute approximate surface area is 216 Å². The number of likely N-dealkylation sites (tertiary alicyclic amines) is 1. The van der Waals surface area contributed by atoms with Gasteiger partial charge in [-0.1, -0.05) is 18.6 Å². The summed E-state index contributed by atoms with van der Waals surface area (Å²) < 4.78 is 35.2. The molecular formula is C27H35F2N7O. The molecule has 2 saturated heterocycles. The standard InChI is InChI=1S/C27H35F2N7O/c28-25(29)26-31-21-6-2-3-7-22(21)36(26)24-18-23(35-14-16-37-17-15-35)32-27(33-24)30-19-8-10-20(11-9-19)34-12-4-1-5-13-34/h2-3,6-7,18-20,25H,1,4-5,8-17H2,(H,30,32,33). The van der Waals surface area contributed by atoms with Crippen LogP contribution in [0.2, 0.25) is 0 Å². The fourth-order valence-electron chi connectivity index (χ4n) is 6.04. The minimum absolute atomic E-state index is 0.267. The van der Waals surface area contributed by atoms with Crippen molar-refractivity contribution < 1.29 is 13.5 Å². The Kier molecular flexibility index (Phi) is 7.19. The summed E-state index contributed by atoms with van der Waals surface area (Å²) in [5, 5.41) is 3.56. The molecule has 3 aliphatic rings. The fourth-order valence-corrected chi connectivity index (χ4v) is 6.04. The number of halogens is 2. The molecule has 0 spiro atoms. The molecule has 6 rings (SSSR count). The number of rotatable bonds is 6. The topological polar surface area (TPSA) is 71.3 Å². The van der Waals surface area contributed by atoms with Crippen molar-refractivity contribution in [3.8, 4) is 5.82 Å². The van der Waals surface area contributed by atoms with Crippen LogP contribution >= 0.6 is 0 Å². The third-order valence-electron chi connectivity index (χ3n) is 7.98. The first kappa shape index (κ1) is 24.5. The molecule has 0 bridgehead atoms. The molecule has 37 heavy (non-hydrogen) atoms. The number of anilines is 2. The van der Waals surface area contributed by atoms with Crippen molar-refractivity contribution in [2.45, 2.75) is 63.5 Å². The van der Waals surface area contributed by atoms with E-state index in [2.05, 4.69) is 20.1 Å². The second-order valence-electron chi connectivity index (χ2n) is 10.3. The van der Waals surface area contributed by atoms with Gasteiger partial charge in [-0.25, -0.2) is 13.8 Å². The average molecular weight is 512 g/mol. The SMILES string of the molecule is FC(F)c1nc2ccccc2n1-c1cc(N2CCOCC2)nc(NC2CCC(N3CCCCC3)CC2)n1. The van der Waals surface area contributed by atoms with Gasteiger partial charge in [0.25, 0.3) is 6.43 Å². The van der Waals surface area contributed by atoms with E-state index in [1.54, 1.807) is 24.3 Å². The van der Waals surface area contributed by atoms with E-state index in [-0.39, 0.29) is 11.9 Å². The van der Waals surface area contributed by atoms with Crippen LogP contribution in [0.5, 0.6) is 0 Å². The molecule has 1 aliphatic carbocycles. The van der Waals surface area contributed by atoms with Crippen LogP contribution in [0.1, 0.15) is 57.2 Å². The summed E-state index contributed by atoms with van der Waals surface area (Å²) in [7, 11) is 0. The maximum absolute atomic E-state index is 14.1. The minimum atomic E-state index is -2.73. The number of morpholine rings is 1. The molecule has 2 aromatic heterocycles. The highest BCUT2D eigenvalue weighted by atomic mass is 19.3. The molecule has 10 heteroatoms. The second-order valence-corrected chi connectivity index (χ2v) is 10.3. The van der Waals surface area contributed by atoms with Gasteiger partial charge in [0.15, 0.2) is 5.82 Å². The highest BCUT2D eigenvalue weighted by Gasteiger charge is 2.28. The molecule has 0 unspecified atom stereocenters. The lowest BCUT2D eigenvalue weighted by Gasteiger charge is -2.39. The van der Waals surface area contributed by atoms with E-state index in [0.29, 0.717) is 55.1 Å². The molecule has 3 fully saturated rings. The Balaban J connectivity index is 1.29. The summed E-state index contributed by atoms with van der Waals surface area (Å²) in [6.07, 6.45) is 5.68. The number of aromatic nitrogens is 4. The van der Waals surface area contributed by atoms with Crippen LogP contribution in [-0.2, 0) is 4.74 Å². The molecule has 1 aromatic carbocycles. The number of piperidine rings is 1. The van der Waals surface area contributed by atoms with Crippen molar-refractivity contribution in [3.05, 3.63) is 36.2 Å².